The smallest absolute Gasteiger partial charge is 0.131 e. The summed E-state index contributed by atoms with van der Waals surface area (Å²) in [7, 11) is 5.02. The van der Waals surface area contributed by atoms with E-state index in [4.69, 9.17) is 14.2 Å². The number of aromatic nitrogens is 1. The van der Waals surface area contributed by atoms with E-state index in [1.807, 2.05) is 18.2 Å². The summed E-state index contributed by atoms with van der Waals surface area (Å²) < 4.78 is 15.7. The van der Waals surface area contributed by atoms with E-state index in [9.17, 15) is 0 Å². The number of rotatable bonds is 7. The molecule has 1 aromatic carbocycles. The molecule has 5 heteroatoms. The van der Waals surface area contributed by atoms with Gasteiger partial charge in [-0.1, -0.05) is 0 Å². The van der Waals surface area contributed by atoms with Crippen LogP contribution < -0.4 is 9.47 Å². The Bertz CT molecular complexity index is 554. The van der Waals surface area contributed by atoms with Crippen LogP contribution in [0.25, 0.3) is 11.3 Å². The Labute approximate surface area is 123 Å². The van der Waals surface area contributed by atoms with Gasteiger partial charge in [0, 0.05) is 37.1 Å². The summed E-state index contributed by atoms with van der Waals surface area (Å²) in [4.78, 5) is 4.66. The molecule has 4 nitrogen and oxygen atoms in total. The third-order valence-electron chi connectivity index (χ3n) is 2.98. The molecule has 0 radical (unpaired) electrons. The van der Waals surface area contributed by atoms with Gasteiger partial charge >= 0.3 is 0 Å². The maximum atomic E-state index is 5.41. The van der Waals surface area contributed by atoms with Crippen LogP contribution >= 0.6 is 11.3 Å². The van der Waals surface area contributed by atoms with E-state index in [1.54, 1.807) is 32.7 Å². The van der Waals surface area contributed by atoms with E-state index in [0.717, 1.165) is 47.2 Å². The summed E-state index contributed by atoms with van der Waals surface area (Å²) in [5.74, 6) is 1.55. The Balaban J connectivity index is 2.18. The Morgan fingerprint density at radius 3 is 2.70 bits per heavy atom. The minimum atomic E-state index is 0.765. The highest BCUT2D eigenvalue weighted by atomic mass is 32.1. The van der Waals surface area contributed by atoms with Crippen molar-refractivity contribution in [3.63, 3.8) is 0 Å². The molecule has 0 unspecified atom stereocenters. The number of ether oxygens (including phenoxy) is 3. The first kappa shape index (κ1) is 14.8. The van der Waals surface area contributed by atoms with Crippen molar-refractivity contribution in [1.29, 1.82) is 0 Å². The molecule has 0 aliphatic carbocycles. The van der Waals surface area contributed by atoms with Crippen molar-refractivity contribution >= 4 is 11.3 Å². The van der Waals surface area contributed by atoms with Crippen molar-refractivity contribution in [3.8, 4) is 22.8 Å². The highest BCUT2D eigenvalue weighted by Gasteiger charge is 2.11. The maximum absolute atomic E-state index is 5.41. The lowest BCUT2D eigenvalue weighted by Crippen LogP contribution is -1.93. The molecule has 0 saturated heterocycles. The van der Waals surface area contributed by atoms with Gasteiger partial charge in [0.05, 0.1) is 24.9 Å². The number of methoxy groups -OCH3 is 3. The number of hydrogen-bond acceptors (Lipinski definition) is 5. The lowest BCUT2D eigenvalue weighted by molar-refractivity contribution is 0.195. The van der Waals surface area contributed by atoms with Gasteiger partial charge in [0.15, 0.2) is 0 Å². The van der Waals surface area contributed by atoms with Crippen LogP contribution in [0.5, 0.6) is 11.5 Å². The maximum Gasteiger partial charge on any atom is 0.131 e. The molecule has 0 fully saturated rings. The van der Waals surface area contributed by atoms with Gasteiger partial charge in [-0.15, -0.1) is 11.3 Å². The summed E-state index contributed by atoms with van der Waals surface area (Å²) in [5.41, 5.74) is 1.93. The van der Waals surface area contributed by atoms with Gasteiger partial charge < -0.3 is 14.2 Å². The number of hydrogen-bond donors (Lipinski definition) is 0. The highest BCUT2D eigenvalue weighted by molar-refractivity contribution is 7.09. The molecule has 0 aliphatic rings. The third kappa shape index (κ3) is 3.49. The molecule has 2 aromatic rings. The van der Waals surface area contributed by atoms with Crippen molar-refractivity contribution in [3.05, 3.63) is 28.6 Å². The molecule has 108 valence electrons. The lowest BCUT2D eigenvalue weighted by Gasteiger charge is -2.08. The van der Waals surface area contributed by atoms with Crippen LogP contribution in [-0.4, -0.2) is 32.9 Å². The van der Waals surface area contributed by atoms with Crippen LogP contribution in [0.2, 0.25) is 0 Å². The minimum absolute atomic E-state index is 0.765. The SMILES string of the molecule is COCCCc1nc(-c2ccc(OC)cc2OC)cs1. The van der Waals surface area contributed by atoms with Gasteiger partial charge in [0.1, 0.15) is 11.5 Å². The molecule has 0 N–H and O–H groups in total. The molecule has 0 amide bonds. The average Bonchev–Trinajstić information content (AvgIpc) is 2.95. The zero-order valence-corrected chi connectivity index (χ0v) is 12.8. The predicted octanol–water partition coefficient (Wildman–Crippen LogP) is 3.41. The van der Waals surface area contributed by atoms with Gasteiger partial charge in [-0.3, -0.25) is 0 Å². The topological polar surface area (TPSA) is 40.6 Å². The number of aryl methyl sites for hydroxylation is 1. The van der Waals surface area contributed by atoms with Crippen molar-refractivity contribution < 1.29 is 14.2 Å². The van der Waals surface area contributed by atoms with E-state index in [2.05, 4.69) is 10.4 Å². The zero-order chi connectivity index (χ0) is 14.4. The first-order valence-corrected chi connectivity index (χ1v) is 7.32. The molecule has 0 bridgehead atoms. The van der Waals surface area contributed by atoms with Crippen LogP contribution in [0.3, 0.4) is 0 Å². The average molecular weight is 293 g/mol. The standard InChI is InChI=1S/C15H19NO3S/c1-17-8-4-5-15-16-13(10-20-15)12-7-6-11(18-2)9-14(12)19-3/h6-7,9-10H,4-5,8H2,1-3H3. The van der Waals surface area contributed by atoms with Gasteiger partial charge in [-0.2, -0.15) is 0 Å². The summed E-state index contributed by atoms with van der Waals surface area (Å²) in [6, 6.07) is 5.77. The second-order valence-corrected chi connectivity index (χ2v) is 5.23. The van der Waals surface area contributed by atoms with Crippen LogP contribution in [0, 0.1) is 0 Å². The van der Waals surface area contributed by atoms with Gasteiger partial charge in [-0.25, -0.2) is 4.98 Å². The first-order valence-electron chi connectivity index (χ1n) is 6.44. The number of thiazole rings is 1. The molecular formula is C15H19NO3S. The van der Waals surface area contributed by atoms with Crippen LogP contribution in [0.15, 0.2) is 23.6 Å². The zero-order valence-electron chi connectivity index (χ0n) is 12.0. The minimum Gasteiger partial charge on any atom is -0.497 e. The van der Waals surface area contributed by atoms with E-state index >= 15 is 0 Å². The summed E-state index contributed by atoms with van der Waals surface area (Å²) in [5, 5.41) is 3.18. The third-order valence-corrected chi connectivity index (χ3v) is 3.88. The molecule has 1 aromatic heterocycles. The van der Waals surface area contributed by atoms with Gasteiger partial charge in [0.2, 0.25) is 0 Å². The Morgan fingerprint density at radius 2 is 2.00 bits per heavy atom. The molecule has 1 heterocycles. The van der Waals surface area contributed by atoms with Crippen LogP contribution in [-0.2, 0) is 11.2 Å². The molecule has 2 rings (SSSR count). The second-order valence-electron chi connectivity index (χ2n) is 4.29. The lowest BCUT2D eigenvalue weighted by atomic mass is 10.1. The van der Waals surface area contributed by atoms with Gasteiger partial charge in [-0.05, 0) is 18.6 Å². The van der Waals surface area contributed by atoms with E-state index in [1.165, 1.54) is 0 Å². The highest BCUT2D eigenvalue weighted by Crippen LogP contribution is 2.33. The molecule has 0 aliphatic heterocycles. The summed E-state index contributed by atoms with van der Waals surface area (Å²) >= 11 is 1.67. The summed E-state index contributed by atoms with van der Waals surface area (Å²) in [6.45, 7) is 0.765. The van der Waals surface area contributed by atoms with Crippen molar-refractivity contribution in [2.45, 2.75) is 12.8 Å². The molecule has 0 atom stereocenters. The van der Waals surface area contributed by atoms with Crippen LogP contribution in [0.1, 0.15) is 11.4 Å². The van der Waals surface area contributed by atoms with Crippen molar-refractivity contribution in [2.24, 2.45) is 0 Å². The van der Waals surface area contributed by atoms with E-state index < -0.39 is 0 Å². The number of benzene rings is 1. The van der Waals surface area contributed by atoms with Crippen LogP contribution in [0.4, 0.5) is 0 Å². The molecule has 0 saturated carbocycles. The van der Waals surface area contributed by atoms with Crippen molar-refractivity contribution in [2.75, 3.05) is 27.9 Å². The fourth-order valence-electron chi connectivity index (χ4n) is 1.93. The monoisotopic (exact) mass is 293 g/mol. The molecule has 20 heavy (non-hydrogen) atoms. The Hall–Kier alpha value is -1.59. The second kappa shape index (κ2) is 7.26. The van der Waals surface area contributed by atoms with E-state index in [-0.39, 0.29) is 0 Å². The predicted molar refractivity (Wildman–Crippen MR) is 80.9 cm³/mol. The molecule has 0 spiro atoms. The quantitative estimate of drug-likeness (QED) is 0.734. The van der Waals surface area contributed by atoms with Crippen molar-refractivity contribution in [1.82, 2.24) is 4.98 Å². The van der Waals surface area contributed by atoms with Gasteiger partial charge in [0.25, 0.3) is 0 Å². The Morgan fingerprint density at radius 1 is 1.15 bits per heavy atom. The fraction of sp³-hybridized carbons (Fsp3) is 0.400. The first-order chi connectivity index (χ1) is 9.78. The Kier molecular flexibility index (Phi) is 5.38. The largest absolute Gasteiger partial charge is 0.497 e. The number of nitrogens with zero attached hydrogens (tertiary/aromatic N) is 1. The molecular weight excluding hydrogens is 274 g/mol. The fourth-order valence-corrected chi connectivity index (χ4v) is 2.77. The normalized spacial score (nSPS) is 10.6. The van der Waals surface area contributed by atoms with E-state index in [0.29, 0.717) is 0 Å². The summed E-state index contributed by atoms with van der Waals surface area (Å²) in [6.07, 6.45) is 1.93.